The number of carbonyl (C=O) groups is 1. The zero-order chi connectivity index (χ0) is 15.6. The Balaban J connectivity index is 2.21. The van der Waals surface area contributed by atoms with Gasteiger partial charge in [0.1, 0.15) is 4.90 Å². The van der Waals surface area contributed by atoms with E-state index < -0.39 is 16.1 Å². The van der Waals surface area contributed by atoms with E-state index in [1.54, 1.807) is 25.2 Å². The molecule has 1 aromatic carbocycles. The minimum absolute atomic E-state index is 0.0852. The van der Waals surface area contributed by atoms with Gasteiger partial charge in [-0.05, 0) is 32.4 Å². The van der Waals surface area contributed by atoms with Crippen molar-refractivity contribution in [2.24, 2.45) is 0 Å². The van der Waals surface area contributed by atoms with Gasteiger partial charge in [-0.15, -0.1) is 0 Å². The zero-order valence-electron chi connectivity index (χ0n) is 12.4. The SMILES string of the molecule is CC(C)OCCCN1C(=O)N(C)c2ccccc2S1(=O)=O. The molecule has 6 nitrogen and oxygen atoms in total. The Kier molecular flexibility index (Phi) is 4.53. The number of carbonyl (C=O) groups excluding carboxylic acids is 1. The molecule has 0 saturated heterocycles. The first-order valence-corrected chi connectivity index (χ1v) is 8.30. The van der Waals surface area contributed by atoms with Crippen LogP contribution in [-0.4, -0.2) is 45.1 Å². The lowest BCUT2D eigenvalue weighted by molar-refractivity contribution is 0.0753. The predicted molar refractivity (Wildman–Crippen MR) is 79.8 cm³/mol. The molecule has 0 radical (unpaired) electrons. The van der Waals surface area contributed by atoms with E-state index in [0.717, 1.165) is 4.31 Å². The monoisotopic (exact) mass is 312 g/mol. The molecule has 0 saturated carbocycles. The van der Waals surface area contributed by atoms with Crippen LogP contribution in [0.25, 0.3) is 0 Å². The van der Waals surface area contributed by atoms with E-state index in [9.17, 15) is 13.2 Å². The number of anilines is 1. The van der Waals surface area contributed by atoms with E-state index in [1.807, 2.05) is 13.8 Å². The topological polar surface area (TPSA) is 66.9 Å². The number of rotatable bonds is 5. The molecule has 21 heavy (non-hydrogen) atoms. The number of fused-ring (bicyclic) bond motifs is 1. The van der Waals surface area contributed by atoms with Gasteiger partial charge in [-0.1, -0.05) is 12.1 Å². The van der Waals surface area contributed by atoms with Crippen LogP contribution in [0.15, 0.2) is 29.2 Å². The predicted octanol–water partition coefficient (Wildman–Crippen LogP) is 2.06. The van der Waals surface area contributed by atoms with Crippen molar-refractivity contribution in [3.63, 3.8) is 0 Å². The van der Waals surface area contributed by atoms with Gasteiger partial charge >= 0.3 is 6.03 Å². The van der Waals surface area contributed by atoms with Gasteiger partial charge in [0.25, 0.3) is 10.0 Å². The molecule has 0 aliphatic carbocycles. The van der Waals surface area contributed by atoms with Gasteiger partial charge in [0.2, 0.25) is 0 Å². The summed E-state index contributed by atoms with van der Waals surface area (Å²) in [4.78, 5) is 13.8. The highest BCUT2D eigenvalue weighted by molar-refractivity contribution is 7.90. The quantitative estimate of drug-likeness (QED) is 0.781. The molecule has 0 atom stereocenters. The van der Waals surface area contributed by atoms with E-state index in [4.69, 9.17) is 4.74 Å². The van der Waals surface area contributed by atoms with Crippen LogP contribution >= 0.6 is 0 Å². The lowest BCUT2D eigenvalue weighted by Crippen LogP contribution is -2.49. The molecular formula is C14H20N2O4S. The van der Waals surface area contributed by atoms with Gasteiger partial charge in [0.05, 0.1) is 11.8 Å². The average molecular weight is 312 g/mol. The van der Waals surface area contributed by atoms with Gasteiger partial charge in [0.15, 0.2) is 0 Å². The molecule has 7 heteroatoms. The van der Waals surface area contributed by atoms with Gasteiger partial charge in [0, 0.05) is 20.2 Å². The van der Waals surface area contributed by atoms with E-state index >= 15 is 0 Å². The summed E-state index contributed by atoms with van der Waals surface area (Å²) in [6, 6.07) is 5.98. The number of urea groups is 1. The van der Waals surface area contributed by atoms with Gasteiger partial charge < -0.3 is 4.74 Å². The third kappa shape index (κ3) is 3.03. The maximum absolute atomic E-state index is 12.5. The van der Waals surface area contributed by atoms with Gasteiger partial charge in [-0.25, -0.2) is 17.5 Å². The van der Waals surface area contributed by atoms with Crippen molar-refractivity contribution in [1.82, 2.24) is 4.31 Å². The van der Waals surface area contributed by atoms with Crippen LogP contribution in [0.5, 0.6) is 0 Å². The Bertz CT molecular complexity index is 628. The Morgan fingerprint density at radius 3 is 2.57 bits per heavy atom. The Morgan fingerprint density at radius 2 is 1.90 bits per heavy atom. The van der Waals surface area contributed by atoms with Crippen LogP contribution in [0.4, 0.5) is 10.5 Å². The fraction of sp³-hybridized carbons (Fsp3) is 0.500. The highest BCUT2D eigenvalue weighted by atomic mass is 32.2. The van der Waals surface area contributed by atoms with Crippen molar-refractivity contribution in [3.8, 4) is 0 Å². The van der Waals surface area contributed by atoms with Crippen molar-refractivity contribution >= 4 is 21.7 Å². The van der Waals surface area contributed by atoms with E-state index in [1.165, 1.54) is 11.0 Å². The second-order valence-electron chi connectivity index (χ2n) is 5.16. The molecular weight excluding hydrogens is 292 g/mol. The smallest absolute Gasteiger partial charge is 0.338 e. The fourth-order valence-corrected chi connectivity index (χ4v) is 3.84. The minimum atomic E-state index is -3.78. The molecule has 1 aliphatic rings. The van der Waals surface area contributed by atoms with Crippen LogP contribution in [0.3, 0.4) is 0 Å². The molecule has 1 aromatic rings. The van der Waals surface area contributed by atoms with Crippen LogP contribution in [-0.2, 0) is 14.8 Å². The Hall–Kier alpha value is -1.60. The number of hydrogen-bond donors (Lipinski definition) is 0. The molecule has 0 spiro atoms. The fourth-order valence-electron chi connectivity index (χ4n) is 2.19. The first-order chi connectivity index (χ1) is 9.85. The molecule has 2 rings (SSSR count). The summed E-state index contributed by atoms with van der Waals surface area (Å²) in [5, 5.41) is 0. The molecule has 116 valence electrons. The number of hydrogen-bond acceptors (Lipinski definition) is 4. The summed E-state index contributed by atoms with van der Waals surface area (Å²) in [6.45, 7) is 4.36. The van der Waals surface area contributed by atoms with Crippen LogP contribution in [0, 0.1) is 0 Å². The third-order valence-corrected chi connectivity index (χ3v) is 5.07. The van der Waals surface area contributed by atoms with Crippen molar-refractivity contribution in [1.29, 1.82) is 0 Å². The molecule has 0 unspecified atom stereocenters. The minimum Gasteiger partial charge on any atom is -0.379 e. The van der Waals surface area contributed by atoms with Crippen molar-refractivity contribution in [3.05, 3.63) is 24.3 Å². The first kappa shape index (κ1) is 15.8. The summed E-state index contributed by atoms with van der Waals surface area (Å²) in [5.74, 6) is 0. The molecule has 0 fully saturated rings. The number of benzene rings is 1. The molecule has 0 N–H and O–H groups in total. The maximum Gasteiger partial charge on any atom is 0.338 e. The average Bonchev–Trinajstić information content (AvgIpc) is 2.44. The van der Waals surface area contributed by atoms with Crippen molar-refractivity contribution < 1.29 is 17.9 Å². The maximum atomic E-state index is 12.5. The van der Waals surface area contributed by atoms with E-state index in [-0.39, 0.29) is 17.5 Å². The largest absolute Gasteiger partial charge is 0.379 e. The van der Waals surface area contributed by atoms with Crippen LogP contribution in [0.1, 0.15) is 20.3 Å². The normalized spacial score (nSPS) is 17.2. The number of ether oxygens (including phenoxy) is 1. The number of para-hydroxylation sites is 1. The van der Waals surface area contributed by atoms with Crippen molar-refractivity contribution in [2.75, 3.05) is 25.1 Å². The highest BCUT2D eigenvalue weighted by Gasteiger charge is 2.39. The number of nitrogens with zero attached hydrogens (tertiary/aromatic N) is 2. The summed E-state index contributed by atoms with van der Waals surface area (Å²) >= 11 is 0. The Morgan fingerprint density at radius 1 is 1.24 bits per heavy atom. The van der Waals surface area contributed by atoms with Gasteiger partial charge in [-0.3, -0.25) is 4.90 Å². The zero-order valence-corrected chi connectivity index (χ0v) is 13.3. The first-order valence-electron chi connectivity index (χ1n) is 6.86. The van der Waals surface area contributed by atoms with E-state index in [0.29, 0.717) is 18.7 Å². The molecule has 0 aromatic heterocycles. The summed E-state index contributed by atoms with van der Waals surface area (Å²) in [7, 11) is -2.20. The van der Waals surface area contributed by atoms with E-state index in [2.05, 4.69) is 0 Å². The number of sulfonamides is 1. The third-order valence-electron chi connectivity index (χ3n) is 3.25. The molecule has 0 bridgehead atoms. The number of amides is 2. The van der Waals surface area contributed by atoms with Gasteiger partial charge in [-0.2, -0.15) is 0 Å². The second kappa shape index (κ2) is 6.03. The van der Waals surface area contributed by atoms with Crippen LogP contribution < -0.4 is 4.90 Å². The standard InChI is InChI=1S/C14H20N2O4S/c1-11(2)20-10-6-9-16-14(17)15(3)12-7-4-5-8-13(12)21(16,18)19/h4-5,7-8,11H,6,9-10H2,1-3H3. The molecule has 1 aliphatic heterocycles. The Labute approximate surface area is 125 Å². The summed E-state index contributed by atoms with van der Waals surface area (Å²) in [6.07, 6.45) is 0.557. The highest BCUT2D eigenvalue weighted by Crippen LogP contribution is 2.33. The molecule has 2 amide bonds. The second-order valence-corrected chi connectivity index (χ2v) is 6.99. The lowest BCUT2D eigenvalue weighted by atomic mass is 10.3. The summed E-state index contributed by atoms with van der Waals surface area (Å²) in [5.41, 5.74) is 0.414. The summed E-state index contributed by atoms with van der Waals surface area (Å²) < 4.78 is 31.4. The van der Waals surface area contributed by atoms with Crippen LogP contribution in [0.2, 0.25) is 0 Å². The molecule has 1 heterocycles. The van der Waals surface area contributed by atoms with Crippen molar-refractivity contribution in [2.45, 2.75) is 31.3 Å². The lowest BCUT2D eigenvalue weighted by Gasteiger charge is -2.34.